The number of hydrogen-bond acceptors (Lipinski definition) is 7. The number of likely N-dealkylation sites (tertiary alicyclic amines) is 1. The van der Waals surface area contributed by atoms with Crippen LogP contribution in [0.5, 0.6) is 0 Å². The highest BCUT2D eigenvalue weighted by molar-refractivity contribution is 5.77. The zero-order chi connectivity index (χ0) is 38.3. The molecule has 2 saturated heterocycles. The highest BCUT2D eigenvalue weighted by atomic mass is 16.7. The summed E-state index contributed by atoms with van der Waals surface area (Å²) in [6.07, 6.45) is 8.06. The molecule has 6 aliphatic rings. The minimum atomic E-state index is -0.620. The van der Waals surface area contributed by atoms with E-state index in [0.29, 0.717) is 13.1 Å². The maximum Gasteiger partial charge on any atom is 0.323 e. The number of urea groups is 1. The van der Waals surface area contributed by atoms with Gasteiger partial charge < -0.3 is 30.0 Å². The summed E-state index contributed by atoms with van der Waals surface area (Å²) >= 11 is 0. The van der Waals surface area contributed by atoms with Crippen molar-refractivity contribution in [3.8, 4) is 11.1 Å². The number of amides is 2. The molecule has 294 valence electrons. The minimum Gasteiger partial charge on any atom is -0.459 e. The summed E-state index contributed by atoms with van der Waals surface area (Å²) in [5.41, 5.74) is 5.41. The number of rotatable bonds is 10. The van der Waals surface area contributed by atoms with Crippen LogP contribution in [0.1, 0.15) is 114 Å². The summed E-state index contributed by atoms with van der Waals surface area (Å²) in [6.45, 7) is 9.72. The van der Waals surface area contributed by atoms with Crippen LogP contribution >= 0.6 is 0 Å². The average molecular weight is 750 g/mol. The van der Waals surface area contributed by atoms with Crippen LogP contribution in [0.3, 0.4) is 0 Å². The molecule has 55 heavy (non-hydrogen) atoms. The van der Waals surface area contributed by atoms with E-state index in [1.54, 1.807) is 0 Å². The third-order valence-corrected chi connectivity index (χ3v) is 12.9. The maximum atomic E-state index is 13.3. The lowest BCUT2D eigenvalue weighted by Crippen LogP contribution is -2.61. The Labute approximate surface area is 326 Å². The molecule has 2 heterocycles. The van der Waals surface area contributed by atoms with E-state index in [-0.39, 0.29) is 48.3 Å². The Morgan fingerprint density at radius 1 is 0.891 bits per heavy atom. The Hall–Kier alpha value is -3.76. The van der Waals surface area contributed by atoms with Crippen molar-refractivity contribution < 1.29 is 28.9 Å². The first kappa shape index (κ1) is 38.1. The molecule has 9 nitrogen and oxygen atoms in total. The van der Waals surface area contributed by atoms with E-state index in [1.807, 2.05) is 57.2 Å². The van der Waals surface area contributed by atoms with Gasteiger partial charge in [-0.3, -0.25) is 9.69 Å². The molecule has 9 heteroatoms. The number of esters is 1. The van der Waals surface area contributed by atoms with E-state index in [2.05, 4.69) is 58.9 Å². The number of carbonyl (C=O) groups excluding carboxylic acids is 2. The van der Waals surface area contributed by atoms with Gasteiger partial charge >= 0.3 is 12.0 Å². The molecule has 9 rings (SSSR count). The van der Waals surface area contributed by atoms with E-state index < -0.39 is 11.9 Å². The first-order valence-corrected chi connectivity index (χ1v) is 20.7. The molecule has 0 unspecified atom stereocenters. The number of aliphatic hydroxyl groups is 1. The topological polar surface area (TPSA) is 109 Å². The fraction of sp³-hybridized carbons (Fsp3) is 0.565. The first-order valence-electron chi connectivity index (χ1n) is 20.7. The second kappa shape index (κ2) is 15.6. The van der Waals surface area contributed by atoms with Gasteiger partial charge in [0.05, 0.1) is 18.8 Å². The van der Waals surface area contributed by atoms with E-state index in [4.69, 9.17) is 14.2 Å². The molecule has 0 radical (unpaired) electrons. The van der Waals surface area contributed by atoms with Gasteiger partial charge in [-0.15, -0.1) is 0 Å². The lowest BCUT2D eigenvalue weighted by Gasteiger charge is -2.56. The van der Waals surface area contributed by atoms with E-state index in [1.165, 1.54) is 19.3 Å². The molecule has 3 aromatic rings. The summed E-state index contributed by atoms with van der Waals surface area (Å²) in [4.78, 5) is 28.8. The molecule has 4 aliphatic carbocycles. The van der Waals surface area contributed by atoms with Crippen LogP contribution < -0.4 is 10.6 Å². The summed E-state index contributed by atoms with van der Waals surface area (Å²) in [5.74, 6) is 2.15. The Balaban J connectivity index is 0.971. The van der Waals surface area contributed by atoms with Crippen LogP contribution in [0.25, 0.3) is 11.1 Å². The predicted octanol–water partition coefficient (Wildman–Crippen LogP) is 8.21. The van der Waals surface area contributed by atoms with Gasteiger partial charge in [-0.25, -0.2) is 4.79 Å². The number of ether oxygens (including phenoxy) is 3. The Bertz CT molecular complexity index is 1780. The second-order valence-electron chi connectivity index (χ2n) is 18.3. The van der Waals surface area contributed by atoms with Crippen LogP contribution in [0.15, 0.2) is 72.8 Å². The fourth-order valence-electron chi connectivity index (χ4n) is 10.7. The van der Waals surface area contributed by atoms with Gasteiger partial charge in [0.2, 0.25) is 0 Å². The van der Waals surface area contributed by atoms with E-state index >= 15 is 0 Å². The number of carbonyl (C=O) groups is 2. The summed E-state index contributed by atoms with van der Waals surface area (Å²) in [6, 6.07) is 24.2. The Kier molecular flexibility index (Phi) is 10.8. The third kappa shape index (κ3) is 8.51. The molecule has 0 spiro atoms. The molecule has 3 N–H and O–H groups in total. The Morgan fingerprint density at radius 3 is 2.20 bits per heavy atom. The number of nitrogens with one attached hydrogen (secondary N) is 2. The maximum absolute atomic E-state index is 13.3. The number of aliphatic hydroxyl groups excluding tert-OH is 1. The van der Waals surface area contributed by atoms with Crippen molar-refractivity contribution in [3.05, 3.63) is 95.1 Å². The summed E-state index contributed by atoms with van der Waals surface area (Å²) in [5, 5.41) is 16.3. The molecule has 2 aliphatic heterocycles. The van der Waals surface area contributed by atoms with Crippen molar-refractivity contribution in [2.45, 2.75) is 128 Å². The first-order chi connectivity index (χ1) is 26.4. The standard InChI is InChI=1S/C46H59N3O6/c1-29-40(27-49-19-7-10-39(49)42(51)55-45(2,3)4)53-43(54-41(29)35-13-11-30(28-50)12-14-35)36-17-15-34(16-18-36)38-9-6-5-8-37(38)26-47-44(52)48-46-23-31-20-32(24-46)22-33(21-31)25-46/h5-6,8-9,11-18,29,31-33,39-41,43,50H,7,10,19-28H2,1-4H3,(H2,47,48,52)/t29-,31?,32?,33?,39-,40+,41+,43+,46?/m0/s1. The van der Waals surface area contributed by atoms with Gasteiger partial charge in [0.1, 0.15) is 11.6 Å². The molecule has 3 aromatic carbocycles. The molecular weight excluding hydrogens is 691 g/mol. The third-order valence-electron chi connectivity index (χ3n) is 12.9. The molecule has 6 fully saturated rings. The Morgan fingerprint density at radius 2 is 1.55 bits per heavy atom. The van der Waals surface area contributed by atoms with Crippen LogP contribution in [-0.2, 0) is 32.2 Å². The van der Waals surface area contributed by atoms with Crippen LogP contribution in [0, 0.1) is 23.7 Å². The largest absolute Gasteiger partial charge is 0.459 e. The van der Waals surface area contributed by atoms with E-state index in [0.717, 1.165) is 89.8 Å². The molecular formula is C46H59N3O6. The number of benzene rings is 3. The number of nitrogens with zero attached hydrogens (tertiary/aromatic N) is 1. The molecule has 4 saturated carbocycles. The fourth-order valence-corrected chi connectivity index (χ4v) is 10.7. The van der Waals surface area contributed by atoms with Gasteiger partial charge in [-0.2, -0.15) is 0 Å². The summed E-state index contributed by atoms with van der Waals surface area (Å²) < 4.78 is 19.4. The second-order valence-corrected chi connectivity index (χ2v) is 18.3. The van der Waals surface area contributed by atoms with Gasteiger partial charge in [-0.1, -0.05) is 79.7 Å². The van der Waals surface area contributed by atoms with Gasteiger partial charge in [0.15, 0.2) is 6.29 Å². The van der Waals surface area contributed by atoms with Crippen LogP contribution in [0.2, 0.25) is 0 Å². The molecule has 2 amide bonds. The minimum absolute atomic E-state index is 0.00471. The quantitative estimate of drug-likeness (QED) is 0.179. The lowest BCUT2D eigenvalue weighted by molar-refractivity contribution is -0.276. The van der Waals surface area contributed by atoms with Gasteiger partial charge in [-0.05, 0) is 124 Å². The van der Waals surface area contributed by atoms with Crippen LogP contribution in [-0.4, -0.2) is 58.4 Å². The van der Waals surface area contributed by atoms with Crippen molar-refractivity contribution in [2.24, 2.45) is 23.7 Å². The normalized spacial score (nSPS) is 31.7. The summed E-state index contributed by atoms with van der Waals surface area (Å²) in [7, 11) is 0. The van der Waals surface area contributed by atoms with Crippen molar-refractivity contribution in [3.63, 3.8) is 0 Å². The molecule has 5 atom stereocenters. The monoisotopic (exact) mass is 749 g/mol. The highest BCUT2D eigenvalue weighted by Gasteiger charge is 2.51. The molecule has 0 aromatic heterocycles. The van der Waals surface area contributed by atoms with Crippen molar-refractivity contribution in [1.82, 2.24) is 15.5 Å². The average Bonchev–Trinajstić information content (AvgIpc) is 3.62. The van der Waals surface area contributed by atoms with Gasteiger partial charge in [0.25, 0.3) is 0 Å². The van der Waals surface area contributed by atoms with E-state index in [9.17, 15) is 14.7 Å². The van der Waals surface area contributed by atoms with Crippen molar-refractivity contribution in [1.29, 1.82) is 0 Å². The molecule has 4 bridgehead atoms. The van der Waals surface area contributed by atoms with Crippen molar-refractivity contribution in [2.75, 3.05) is 13.1 Å². The highest BCUT2D eigenvalue weighted by Crippen LogP contribution is 2.55. The zero-order valence-corrected chi connectivity index (χ0v) is 33.0. The lowest BCUT2D eigenvalue weighted by atomic mass is 9.53. The smallest absolute Gasteiger partial charge is 0.323 e. The SMILES string of the molecule is C[C@H]1[C@@H](CN2CCC[C@H]2C(=O)OC(C)(C)C)O[C@@H](c2ccc(-c3ccccc3CNC(=O)NC34CC5CC(CC(C5)C3)C4)cc2)O[C@H]1c1ccc(CO)cc1. The van der Waals surface area contributed by atoms with Crippen molar-refractivity contribution >= 4 is 12.0 Å². The predicted molar refractivity (Wildman–Crippen MR) is 212 cm³/mol. The van der Waals surface area contributed by atoms with Crippen LogP contribution in [0.4, 0.5) is 4.79 Å². The number of hydrogen-bond donors (Lipinski definition) is 3. The van der Waals surface area contributed by atoms with Gasteiger partial charge in [0, 0.05) is 30.1 Å². The zero-order valence-electron chi connectivity index (χ0n) is 33.0.